The molecule has 0 bridgehead atoms. The van der Waals surface area contributed by atoms with Gasteiger partial charge in [0, 0.05) is 19.2 Å². The van der Waals surface area contributed by atoms with Crippen molar-refractivity contribution in [1.82, 2.24) is 4.90 Å². The molecule has 0 radical (unpaired) electrons. The van der Waals surface area contributed by atoms with Gasteiger partial charge in [0.15, 0.2) is 0 Å². The second kappa shape index (κ2) is 6.45. The fraction of sp³-hybridized carbons (Fsp3) is 0.727. The van der Waals surface area contributed by atoms with Gasteiger partial charge in [0.1, 0.15) is 6.61 Å². The van der Waals surface area contributed by atoms with Gasteiger partial charge in [0.05, 0.1) is 0 Å². The number of aliphatic hydroxyl groups excluding tert-OH is 1. The molecular formula is C11H19NO3. The summed E-state index contributed by atoms with van der Waals surface area (Å²) in [6, 6.07) is 0.140. The highest BCUT2D eigenvalue weighted by Crippen LogP contribution is 2.20. The van der Waals surface area contributed by atoms with E-state index in [1.54, 1.807) is 11.0 Å². The zero-order valence-electron chi connectivity index (χ0n) is 9.02. The van der Waals surface area contributed by atoms with Crippen LogP contribution in [-0.4, -0.2) is 41.9 Å². The van der Waals surface area contributed by atoms with Gasteiger partial charge in [-0.05, 0) is 25.7 Å². The van der Waals surface area contributed by atoms with E-state index in [-0.39, 0.29) is 25.3 Å². The molecule has 1 unspecified atom stereocenters. The molecule has 0 aromatic rings. The van der Waals surface area contributed by atoms with Gasteiger partial charge in [-0.2, -0.15) is 0 Å². The van der Waals surface area contributed by atoms with Crippen LogP contribution in [0.25, 0.3) is 0 Å². The zero-order chi connectivity index (χ0) is 11.1. The van der Waals surface area contributed by atoms with E-state index >= 15 is 0 Å². The lowest BCUT2D eigenvalue weighted by molar-refractivity contribution is 0.0726. The molecule has 4 heteroatoms. The van der Waals surface area contributed by atoms with E-state index in [2.05, 4.69) is 6.58 Å². The Bertz CT molecular complexity index is 216. The fourth-order valence-corrected chi connectivity index (χ4v) is 1.90. The normalized spacial score (nSPS) is 21.1. The number of likely N-dealkylation sites (tertiary alicyclic amines) is 1. The van der Waals surface area contributed by atoms with Crippen LogP contribution in [0.15, 0.2) is 12.7 Å². The lowest BCUT2D eigenvalue weighted by Gasteiger charge is -2.34. The van der Waals surface area contributed by atoms with Crippen LogP contribution in [0, 0.1) is 0 Å². The van der Waals surface area contributed by atoms with Gasteiger partial charge >= 0.3 is 6.09 Å². The molecule has 1 amide bonds. The topological polar surface area (TPSA) is 49.8 Å². The maximum absolute atomic E-state index is 11.6. The molecule has 1 rings (SSSR count). The lowest BCUT2D eigenvalue weighted by atomic mass is 10.0. The second-order valence-electron chi connectivity index (χ2n) is 3.72. The summed E-state index contributed by atoms with van der Waals surface area (Å²) < 4.78 is 4.99. The molecular weight excluding hydrogens is 194 g/mol. The Kier molecular flexibility index (Phi) is 5.18. The Labute approximate surface area is 90.5 Å². The number of hydrogen-bond acceptors (Lipinski definition) is 3. The van der Waals surface area contributed by atoms with Crippen molar-refractivity contribution in [3.8, 4) is 0 Å². The van der Waals surface area contributed by atoms with Crippen LogP contribution in [0.5, 0.6) is 0 Å². The standard InChI is InChI=1S/C11H19NO3/c1-2-9-15-11(14)12-7-4-3-5-10(12)6-8-13/h2,10,13H,1,3-9H2. The van der Waals surface area contributed by atoms with Crippen molar-refractivity contribution >= 4 is 6.09 Å². The minimum atomic E-state index is -0.284. The van der Waals surface area contributed by atoms with Gasteiger partial charge in [0.2, 0.25) is 0 Å². The molecule has 0 aromatic heterocycles. The van der Waals surface area contributed by atoms with Crippen LogP contribution in [0.2, 0.25) is 0 Å². The molecule has 1 aliphatic heterocycles. The van der Waals surface area contributed by atoms with Crippen LogP contribution >= 0.6 is 0 Å². The minimum absolute atomic E-state index is 0.121. The van der Waals surface area contributed by atoms with Gasteiger partial charge in [-0.1, -0.05) is 12.7 Å². The Morgan fingerprint density at radius 1 is 1.60 bits per heavy atom. The molecule has 15 heavy (non-hydrogen) atoms. The van der Waals surface area contributed by atoms with Crippen LogP contribution < -0.4 is 0 Å². The van der Waals surface area contributed by atoms with Crippen LogP contribution in [0.1, 0.15) is 25.7 Å². The van der Waals surface area contributed by atoms with Crippen molar-refractivity contribution in [2.24, 2.45) is 0 Å². The molecule has 4 nitrogen and oxygen atoms in total. The lowest BCUT2D eigenvalue weighted by Crippen LogP contribution is -2.44. The number of carbonyl (C=O) groups excluding carboxylic acids is 1. The third-order valence-corrected chi connectivity index (χ3v) is 2.65. The molecule has 0 aromatic carbocycles. The maximum atomic E-state index is 11.6. The first-order chi connectivity index (χ1) is 7.29. The van der Waals surface area contributed by atoms with Gasteiger partial charge in [0.25, 0.3) is 0 Å². The highest BCUT2D eigenvalue weighted by molar-refractivity contribution is 5.68. The van der Waals surface area contributed by atoms with Crippen LogP contribution in [0.3, 0.4) is 0 Å². The number of carbonyl (C=O) groups is 1. The number of piperidine rings is 1. The van der Waals surface area contributed by atoms with Gasteiger partial charge in [-0.15, -0.1) is 0 Å². The predicted molar refractivity (Wildman–Crippen MR) is 57.6 cm³/mol. The molecule has 1 heterocycles. The first kappa shape index (κ1) is 12.0. The summed E-state index contributed by atoms with van der Waals surface area (Å²) in [6.07, 6.45) is 5.02. The summed E-state index contributed by atoms with van der Waals surface area (Å²) in [5.74, 6) is 0. The van der Waals surface area contributed by atoms with Gasteiger partial charge in [-0.25, -0.2) is 4.79 Å². The van der Waals surface area contributed by atoms with Crippen molar-refractivity contribution in [3.63, 3.8) is 0 Å². The molecule has 1 fully saturated rings. The van der Waals surface area contributed by atoms with E-state index in [0.717, 1.165) is 25.8 Å². The molecule has 1 atom stereocenters. The summed E-state index contributed by atoms with van der Waals surface area (Å²) in [5.41, 5.74) is 0. The van der Waals surface area contributed by atoms with E-state index in [4.69, 9.17) is 9.84 Å². The third kappa shape index (κ3) is 3.55. The molecule has 86 valence electrons. The van der Waals surface area contributed by atoms with E-state index < -0.39 is 0 Å². The van der Waals surface area contributed by atoms with E-state index in [9.17, 15) is 4.79 Å². The van der Waals surface area contributed by atoms with E-state index in [1.165, 1.54) is 0 Å². The van der Waals surface area contributed by atoms with Crippen molar-refractivity contribution in [2.75, 3.05) is 19.8 Å². The average molecular weight is 213 g/mol. The first-order valence-electron chi connectivity index (χ1n) is 5.44. The molecule has 1 N–H and O–H groups in total. The van der Waals surface area contributed by atoms with Crippen molar-refractivity contribution in [2.45, 2.75) is 31.7 Å². The highest BCUT2D eigenvalue weighted by Gasteiger charge is 2.26. The molecule has 0 saturated carbocycles. The highest BCUT2D eigenvalue weighted by atomic mass is 16.6. The second-order valence-corrected chi connectivity index (χ2v) is 3.72. The van der Waals surface area contributed by atoms with Crippen LogP contribution in [0.4, 0.5) is 4.79 Å². The van der Waals surface area contributed by atoms with Crippen molar-refractivity contribution in [3.05, 3.63) is 12.7 Å². The number of rotatable bonds is 4. The summed E-state index contributed by atoms with van der Waals surface area (Å²) in [4.78, 5) is 13.3. The molecule has 0 aliphatic carbocycles. The largest absolute Gasteiger partial charge is 0.445 e. The van der Waals surface area contributed by atoms with E-state index in [1.807, 2.05) is 0 Å². The van der Waals surface area contributed by atoms with Crippen molar-refractivity contribution in [1.29, 1.82) is 0 Å². The average Bonchev–Trinajstić information content (AvgIpc) is 2.27. The Morgan fingerprint density at radius 3 is 3.07 bits per heavy atom. The first-order valence-corrected chi connectivity index (χ1v) is 5.44. The summed E-state index contributed by atoms with van der Waals surface area (Å²) >= 11 is 0. The minimum Gasteiger partial charge on any atom is -0.445 e. The van der Waals surface area contributed by atoms with Crippen LogP contribution in [-0.2, 0) is 4.74 Å². The Morgan fingerprint density at radius 2 is 2.40 bits per heavy atom. The summed E-state index contributed by atoms with van der Waals surface area (Å²) in [5, 5.41) is 8.90. The maximum Gasteiger partial charge on any atom is 0.410 e. The summed E-state index contributed by atoms with van der Waals surface area (Å²) in [6.45, 7) is 4.61. The quantitative estimate of drug-likeness (QED) is 0.721. The van der Waals surface area contributed by atoms with Crippen molar-refractivity contribution < 1.29 is 14.6 Å². The van der Waals surface area contributed by atoms with E-state index in [0.29, 0.717) is 6.42 Å². The smallest absolute Gasteiger partial charge is 0.410 e. The SMILES string of the molecule is C=CCOC(=O)N1CCCCC1CCO. The Balaban J connectivity index is 2.46. The fourth-order valence-electron chi connectivity index (χ4n) is 1.90. The predicted octanol–water partition coefficient (Wildman–Crippen LogP) is 1.55. The number of amides is 1. The number of nitrogens with zero attached hydrogens (tertiary/aromatic N) is 1. The monoisotopic (exact) mass is 213 g/mol. The number of hydrogen-bond donors (Lipinski definition) is 1. The molecule has 1 saturated heterocycles. The number of aliphatic hydroxyl groups is 1. The van der Waals surface area contributed by atoms with Gasteiger partial charge in [-0.3, -0.25) is 0 Å². The zero-order valence-corrected chi connectivity index (χ0v) is 9.02. The summed E-state index contributed by atoms with van der Waals surface area (Å²) in [7, 11) is 0. The Hall–Kier alpha value is -1.03. The molecule has 0 spiro atoms. The van der Waals surface area contributed by atoms with Gasteiger partial charge < -0.3 is 14.7 Å². The number of ether oxygens (including phenoxy) is 1. The molecule has 1 aliphatic rings. The third-order valence-electron chi connectivity index (χ3n) is 2.65.